The first-order valence-corrected chi connectivity index (χ1v) is 7.44. The van der Waals surface area contributed by atoms with E-state index in [0.29, 0.717) is 5.88 Å². The SMILES string of the molecule is CC(C)(c1ccccc1)c1nnc(CCCCl)s1. The van der Waals surface area contributed by atoms with Gasteiger partial charge in [-0.25, -0.2) is 0 Å². The molecule has 0 bridgehead atoms. The van der Waals surface area contributed by atoms with Crippen molar-refractivity contribution >= 4 is 22.9 Å². The van der Waals surface area contributed by atoms with Gasteiger partial charge in [-0.15, -0.1) is 33.1 Å². The average molecular weight is 281 g/mol. The number of nitrogens with zero attached hydrogens (tertiary/aromatic N) is 2. The Balaban J connectivity index is 2.22. The van der Waals surface area contributed by atoms with Crippen molar-refractivity contribution in [2.75, 3.05) is 5.88 Å². The Morgan fingerprint density at radius 3 is 2.56 bits per heavy atom. The van der Waals surface area contributed by atoms with Crippen molar-refractivity contribution in [2.45, 2.75) is 32.1 Å². The smallest absolute Gasteiger partial charge is 0.127 e. The topological polar surface area (TPSA) is 25.8 Å². The Bertz CT molecular complexity index is 494. The minimum atomic E-state index is -0.0852. The third-order valence-corrected chi connectivity index (χ3v) is 4.60. The van der Waals surface area contributed by atoms with E-state index < -0.39 is 0 Å². The highest BCUT2D eigenvalue weighted by atomic mass is 35.5. The van der Waals surface area contributed by atoms with Crippen molar-refractivity contribution in [1.29, 1.82) is 0 Å². The molecule has 0 aliphatic rings. The number of aryl methyl sites for hydroxylation is 1. The molecule has 2 rings (SSSR count). The van der Waals surface area contributed by atoms with Gasteiger partial charge in [0, 0.05) is 17.7 Å². The second-order valence-electron chi connectivity index (χ2n) is 4.78. The van der Waals surface area contributed by atoms with E-state index in [2.05, 4.69) is 48.3 Å². The fraction of sp³-hybridized carbons (Fsp3) is 0.429. The number of benzene rings is 1. The second kappa shape index (κ2) is 5.81. The van der Waals surface area contributed by atoms with Gasteiger partial charge >= 0.3 is 0 Å². The standard InChI is InChI=1S/C14H17ClN2S/c1-14(2,11-7-4-3-5-8-11)13-17-16-12(18-13)9-6-10-15/h3-5,7-8H,6,9-10H2,1-2H3. The summed E-state index contributed by atoms with van der Waals surface area (Å²) in [6.07, 6.45) is 1.88. The largest absolute Gasteiger partial charge is 0.144 e. The third-order valence-electron chi connectivity index (χ3n) is 3.02. The van der Waals surface area contributed by atoms with Crippen LogP contribution >= 0.6 is 22.9 Å². The molecule has 2 nitrogen and oxygen atoms in total. The Morgan fingerprint density at radius 1 is 1.17 bits per heavy atom. The number of rotatable bonds is 5. The maximum atomic E-state index is 5.70. The molecule has 0 saturated carbocycles. The molecule has 1 heterocycles. The lowest BCUT2D eigenvalue weighted by Gasteiger charge is -2.21. The summed E-state index contributed by atoms with van der Waals surface area (Å²) < 4.78 is 0. The zero-order chi connectivity index (χ0) is 13.0. The van der Waals surface area contributed by atoms with E-state index in [1.54, 1.807) is 11.3 Å². The number of aromatic nitrogens is 2. The van der Waals surface area contributed by atoms with Crippen LogP contribution in [0.5, 0.6) is 0 Å². The summed E-state index contributed by atoms with van der Waals surface area (Å²) in [7, 11) is 0. The summed E-state index contributed by atoms with van der Waals surface area (Å²) >= 11 is 7.39. The Kier molecular flexibility index (Phi) is 4.36. The van der Waals surface area contributed by atoms with Gasteiger partial charge in [-0.3, -0.25) is 0 Å². The number of hydrogen-bond acceptors (Lipinski definition) is 3. The molecule has 4 heteroatoms. The second-order valence-corrected chi connectivity index (χ2v) is 6.22. The molecule has 0 aliphatic heterocycles. The van der Waals surface area contributed by atoms with E-state index >= 15 is 0 Å². The fourth-order valence-electron chi connectivity index (χ4n) is 1.80. The molecule has 96 valence electrons. The highest BCUT2D eigenvalue weighted by molar-refractivity contribution is 7.11. The van der Waals surface area contributed by atoms with Gasteiger partial charge < -0.3 is 0 Å². The highest BCUT2D eigenvalue weighted by Crippen LogP contribution is 2.33. The molecule has 2 aromatic rings. The fourth-order valence-corrected chi connectivity index (χ4v) is 2.94. The van der Waals surface area contributed by atoms with Crippen LogP contribution in [0.4, 0.5) is 0 Å². The van der Waals surface area contributed by atoms with Crippen molar-refractivity contribution in [2.24, 2.45) is 0 Å². The lowest BCUT2D eigenvalue weighted by atomic mass is 9.85. The summed E-state index contributed by atoms with van der Waals surface area (Å²) in [6.45, 7) is 4.38. The normalized spacial score (nSPS) is 11.7. The summed E-state index contributed by atoms with van der Waals surface area (Å²) in [5.41, 5.74) is 1.18. The van der Waals surface area contributed by atoms with E-state index in [1.165, 1.54) is 5.56 Å². The lowest BCUT2D eigenvalue weighted by molar-refractivity contribution is 0.625. The Labute approximate surface area is 117 Å². The summed E-state index contributed by atoms with van der Waals surface area (Å²) in [4.78, 5) is 0. The van der Waals surface area contributed by atoms with Gasteiger partial charge in [-0.2, -0.15) is 0 Å². The zero-order valence-corrected chi connectivity index (χ0v) is 12.3. The molecule has 18 heavy (non-hydrogen) atoms. The van der Waals surface area contributed by atoms with Crippen molar-refractivity contribution in [3.63, 3.8) is 0 Å². The minimum absolute atomic E-state index is 0.0852. The first-order valence-electron chi connectivity index (χ1n) is 6.09. The molecule has 0 fully saturated rings. The molecule has 0 amide bonds. The summed E-state index contributed by atoms with van der Waals surface area (Å²) in [5, 5.41) is 10.7. The van der Waals surface area contributed by atoms with Crippen LogP contribution in [0.3, 0.4) is 0 Å². The van der Waals surface area contributed by atoms with Gasteiger partial charge in [0.15, 0.2) is 0 Å². The molecule has 0 aliphatic carbocycles. The Hall–Kier alpha value is -0.930. The van der Waals surface area contributed by atoms with Gasteiger partial charge in [0.1, 0.15) is 10.0 Å². The van der Waals surface area contributed by atoms with Crippen LogP contribution in [0.25, 0.3) is 0 Å². The Morgan fingerprint density at radius 2 is 1.89 bits per heavy atom. The van der Waals surface area contributed by atoms with Gasteiger partial charge in [0.25, 0.3) is 0 Å². The maximum Gasteiger partial charge on any atom is 0.127 e. The zero-order valence-electron chi connectivity index (χ0n) is 10.7. The van der Waals surface area contributed by atoms with Crippen molar-refractivity contribution in [3.8, 4) is 0 Å². The molecule has 0 spiro atoms. The lowest BCUT2D eigenvalue weighted by Crippen LogP contribution is -2.18. The first kappa shape index (κ1) is 13.5. The van der Waals surface area contributed by atoms with Crippen LogP contribution in [0.2, 0.25) is 0 Å². The van der Waals surface area contributed by atoms with Crippen LogP contribution < -0.4 is 0 Å². The van der Waals surface area contributed by atoms with Crippen LogP contribution in [0.1, 0.15) is 35.8 Å². The molecular weight excluding hydrogens is 264 g/mol. The van der Waals surface area contributed by atoms with Crippen LogP contribution in [0.15, 0.2) is 30.3 Å². The average Bonchev–Trinajstić information content (AvgIpc) is 2.87. The van der Waals surface area contributed by atoms with E-state index in [-0.39, 0.29) is 5.41 Å². The first-order chi connectivity index (χ1) is 8.64. The predicted octanol–water partition coefficient (Wildman–Crippen LogP) is 4.04. The van der Waals surface area contributed by atoms with Crippen molar-refractivity contribution in [3.05, 3.63) is 45.9 Å². The number of halogens is 1. The van der Waals surface area contributed by atoms with E-state index in [4.69, 9.17) is 11.6 Å². The molecule has 1 aromatic heterocycles. The van der Waals surface area contributed by atoms with E-state index in [1.807, 2.05) is 6.07 Å². The van der Waals surface area contributed by atoms with Gasteiger partial charge in [-0.1, -0.05) is 30.3 Å². The van der Waals surface area contributed by atoms with Crippen LogP contribution in [0, 0.1) is 0 Å². The maximum absolute atomic E-state index is 5.70. The molecule has 0 radical (unpaired) electrons. The van der Waals surface area contributed by atoms with Gasteiger partial charge in [0.05, 0.1) is 0 Å². The van der Waals surface area contributed by atoms with Crippen molar-refractivity contribution < 1.29 is 0 Å². The summed E-state index contributed by atoms with van der Waals surface area (Å²) in [6, 6.07) is 10.4. The van der Waals surface area contributed by atoms with E-state index in [9.17, 15) is 0 Å². The minimum Gasteiger partial charge on any atom is -0.144 e. The van der Waals surface area contributed by atoms with Crippen LogP contribution in [-0.2, 0) is 11.8 Å². The predicted molar refractivity (Wildman–Crippen MR) is 77.5 cm³/mol. The summed E-state index contributed by atoms with van der Waals surface area (Å²) in [5.74, 6) is 0.678. The molecular formula is C14H17ClN2S. The number of hydrogen-bond donors (Lipinski definition) is 0. The molecule has 0 saturated heterocycles. The van der Waals surface area contributed by atoms with Crippen molar-refractivity contribution in [1.82, 2.24) is 10.2 Å². The van der Waals surface area contributed by atoms with Gasteiger partial charge in [-0.05, 0) is 25.8 Å². The van der Waals surface area contributed by atoms with E-state index in [0.717, 1.165) is 22.9 Å². The molecule has 1 aromatic carbocycles. The third kappa shape index (κ3) is 2.90. The molecule has 0 N–H and O–H groups in total. The molecule has 0 unspecified atom stereocenters. The molecule has 0 atom stereocenters. The van der Waals surface area contributed by atoms with Gasteiger partial charge in [0.2, 0.25) is 0 Å². The quantitative estimate of drug-likeness (QED) is 0.773. The monoisotopic (exact) mass is 280 g/mol. The van der Waals surface area contributed by atoms with Crippen LogP contribution in [-0.4, -0.2) is 16.1 Å². The number of alkyl halides is 1. The highest BCUT2D eigenvalue weighted by Gasteiger charge is 2.27.